The largest absolute Gasteiger partial charge is 0.449 e. The Balaban J connectivity index is 1.65. The zero-order valence-electron chi connectivity index (χ0n) is 25.6. The number of amides is 2. The van der Waals surface area contributed by atoms with Gasteiger partial charge in [0.2, 0.25) is 5.91 Å². The number of sulfonamides is 1. The van der Waals surface area contributed by atoms with Crippen molar-refractivity contribution in [1.82, 2.24) is 23.7 Å². The molecule has 0 unspecified atom stereocenters. The third-order valence-electron chi connectivity index (χ3n) is 7.24. The third kappa shape index (κ3) is 7.54. The molecule has 0 aliphatic heterocycles. The first-order chi connectivity index (χ1) is 21.1. The average molecular weight is 622 g/mol. The van der Waals surface area contributed by atoms with Crippen molar-refractivity contribution in [3.8, 4) is 11.1 Å². The molecule has 4 rings (SSSR count). The van der Waals surface area contributed by atoms with Crippen LogP contribution in [0.3, 0.4) is 0 Å². The smallest absolute Gasteiger partial charge is 0.421 e. The number of unbranched alkanes of at least 4 members (excludes halogenated alkanes) is 2. The number of nitrogens with zero attached hydrogens (tertiary/aromatic N) is 4. The molecule has 12 heteroatoms. The topological polar surface area (TPSA) is 133 Å². The summed E-state index contributed by atoms with van der Waals surface area (Å²) in [6, 6.07) is 15.6. The molecule has 0 atom stereocenters. The van der Waals surface area contributed by atoms with Crippen LogP contribution in [-0.2, 0) is 39.1 Å². The Kier molecular flexibility index (Phi) is 10.6. The van der Waals surface area contributed by atoms with Gasteiger partial charge in [0.05, 0.1) is 17.0 Å². The Hall–Kier alpha value is -4.45. The van der Waals surface area contributed by atoms with Gasteiger partial charge in [-0.2, -0.15) is 0 Å². The van der Waals surface area contributed by atoms with Crippen LogP contribution in [0.4, 0.5) is 4.79 Å². The molecule has 2 amide bonds. The van der Waals surface area contributed by atoms with Crippen LogP contribution in [-0.4, -0.2) is 60.1 Å². The lowest BCUT2D eigenvalue weighted by Crippen LogP contribution is -2.31. The minimum atomic E-state index is -4.19. The number of hydrogen-bond acceptors (Lipinski definition) is 7. The second kappa shape index (κ2) is 14.3. The molecule has 1 N–H and O–H groups in total. The van der Waals surface area contributed by atoms with E-state index in [1.165, 1.54) is 15.5 Å². The number of benzene rings is 2. The van der Waals surface area contributed by atoms with E-state index < -0.39 is 16.1 Å². The molecule has 2 aromatic heterocycles. The summed E-state index contributed by atoms with van der Waals surface area (Å²) in [5.74, 6) is 0.596. The number of fused-ring (bicyclic) bond motifs is 1. The maximum atomic E-state index is 13.5. The van der Waals surface area contributed by atoms with Crippen molar-refractivity contribution in [2.75, 3.05) is 20.7 Å². The molecule has 11 nitrogen and oxygen atoms in total. The van der Waals surface area contributed by atoms with Crippen LogP contribution in [0.15, 0.2) is 70.5 Å². The molecule has 4 aromatic rings. The van der Waals surface area contributed by atoms with Crippen molar-refractivity contribution in [3.63, 3.8) is 0 Å². The molecular weight excluding hydrogens is 582 g/mol. The highest BCUT2D eigenvalue weighted by atomic mass is 32.2. The lowest BCUT2D eigenvalue weighted by atomic mass is 10.0. The third-order valence-corrected chi connectivity index (χ3v) is 8.61. The number of imidazole rings is 1. The summed E-state index contributed by atoms with van der Waals surface area (Å²) >= 11 is 0. The predicted molar refractivity (Wildman–Crippen MR) is 169 cm³/mol. The van der Waals surface area contributed by atoms with Gasteiger partial charge in [0, 0.05) is 38.8 Å². The van der Waals surface area contributed by atoms with Gasteiger partial charge in [-0.3, -0.25) is 9.59 Å². The normalized spacial score (nSPS) is 11.5. The maximum absolute atomic E-state index is 13.5. The highest BCUT2D eigenvalue weighted by Gasteiger charge is 2.23. The SMILES string of the molecule is CCCCOC(=O)NS(=O)(=O)c1ccccc1-c1ccc(Cn2c(CCCC)nc3ccn(CC(=O)N(C)C)c(=O)c32)cc1. The van der Waals surface area contributed by atoms with E-state index in [1.54, 1.807) is 44.6 Å². The van der Waals surface area contributed by atoms with Crippen LogP contribution in [0.25, 0.3) is 22.2 Å². The van der Waals surface area contributed by atoms with Crippen molar-refractivity contribution in [2.45, 2.75) is 63.9 Å². The number of rotatable bonds is 13. The number of hydrogen-bond donors (Lipinski definition) is 1. The van der Waals surface area contributed by atoms with Crippen molar-refractivity contribution < 1.29 is 22.7 Å². The van der Waals surface area contributed by atoms with Crippen molar-refractivity contribution in [2.24, 2.45) is 0 Å². The lowest BCUT2D eigenvalue weighted by molar-refractivity contribution is -0.129. The predicted octanol–water partition coefficient (Wildman–Crippen LogP) is 4.56. The van der Waals surface area contributed by atoms with Gasteiger partial charge in [0.25, 0.3) is 15.6 Å². The van der Waals surface area contributed by atoms with Crippen LogP contribution in [0, 0.1) is 0 Å². The molecule has 0 saturated carbocycles. The number of aromatic nitrogens is 3. The minimum Gasteiger partial charge on any atom is -0.449 e. The van der Waals surface area contributed by atoms with Crippen molar-refractivity contribution in [3.05, 3.63) is 82.5 Å². The summed E-state index contributed by atoms with van der Waals surface area (Å²) in [6.45, 7) is 4.46. The van der Waals surface area contributed by atoms with Crippen LogP contribution in [0.2, 0.25) is 0 Å². The van der Waals surface area contributed by atoms with E-state index in [0.717, 1.165) is 30.7 Å². The van der Waals surface area contributed by atoms with Gasteiger partial charge in [-0.15, -0.1) is 0 Å². The molecule has 0 radical (unpaired) electrons. The van der Waals surface area contributed by atoms with Crippen molar-refractivity contribution in [1.29, 1.82) is 0 Å². The number of likely N-dealkylation sites (N-methyl/N-ethyl adjacent to an activating group) is 1. The van der Waals surface area contributed by atoms with Crippen LogP contribution in [0.1, 0.15) is 50.9 Å². The fraction of sp³-hybridized carbons (Fsp3) is 0.375. The molecule has 234 valence electrons. The van der Waals surface area contributed by atoms with Crippen LogP contribution < -0.4 is 10.3 Å². The van der Waals surface area contributed by atoms with Crippen LogP contribution >= 0.6 is 0 Å². The first-order valence-corrected chi connectivity index (χ1v) is 16.2. The van der Waals surface area contributed by atoms with E-state index in [-0.39, 0.29) is 29.5 Å². The zero-order chi connectivity index (χ0) is 31.9. The molecule has 0 aliphatic rings. The Labute approximate surface area is 257 Å². The fourth-order valence-corrected chi connectivity index (χ4v) is 5.87. The first-order valence-electron chi connectivity index (χ1n) is 14.7. The number of pyridine rings is 1. The summed E-state index contributed by atoms with van der Waals surface area (Å²) in [5.41, 5.74) is 2.67. The first kappa shape index (κ1) is 32.5. The number of carbonyl (C=O) groups excluding carboxylic acids is 2. The Bertz CT molecular complexity index is 1790. The quantitative estimate of drug-likeness (QED) is 0.217. The Morgan fingerprint density at radius 3 is 2.36 bits per heavy atom. The summed E-state index contributed by atoms with van der Waals surface area (Å²) in [4.78, 5) is 44.1. The van der Waals surface area contributed by atoms with Gasteiger partial charge in [-0.25, -0.2) is 22.9 Å². The summed E-state index contributed by atoms with van der Waals surface area (Å²) < 4.78 is 36.5. The van der Waals surface area contributed by atoms with E-state index >= 15 is 0 Å². The molecule has 0 aliphatic carbocycles. The van der Waals surface area contributed by atoms with Gasteiger partial charge in [-0.05, 0) is 36.1 Å². The number of aryl methyl sites for hydroxylation is 1. The highest BCUT2D eigenvalue weighted by molar-refractivity contribution is 7.90. The lowest BCUT2D eigenvalue weighted by Gasteiger charge is -2.14. The fourth-order valence-electron chi connectivity index (χ4n) is 4.75. The average Bonchev–Trinajstić information content (AvgIpc) is 3.35. The standard InChI is InChI=1S/C32H39N5O6S/c1-5-7-13-28-33-26-18-19-36(22-29(38)35(3)4)31(39)30(26)37(28)21-23-14-16-24(17-15-23)25-11-9-10-12-27(25)44(41,42)34-32(40)43-20-8-6-2/h9-12,14-19H,5-8,13,20-22H2,1-4H3,(H,34,40). The molecule has 44 heavy (non-hydrogen) atoms. The van der Waals surface area contributed by atoms with Gasteiger partial charge >= 0.3 is 6.09 Å². The maximum Gasteiger partial charge on any atom is 0.421 e. The molecule has 0 saturated heterocycles. The molecular formula is C32H39N5O6S. The zero-order valence-corrected chi connectivity index (χ0v) is 26.4. The highest BCUT2D eigenvalue weighted by Crippen LogP contribution is 2.28. The molecule has 2 aromatic carbocycles. The molecule has 2 heterocycles. The van der Waals surface area contributed by atoms with E-state index in [1.807, 2.05) is 40.5 Å². The number of nitrogens with one attached hydrogen (secondary N) is 1. The molecule has 0 fully saturated rings. The van der Waals surface area contributed by atoms with E-state index in [9.17, 15) is 22.8 Å². The number of ether oxygens (including phenoxy) is 1. The van der Waals surface area contributed by atoms with E-state index in [4.69, 9.17) is 9.72 Å². The second-order valence-corrected chi connectivity index (χ2v) is 12.4. The second-order valence-electron chi connectivity index (χ2n) is 10.8. The van der Waals surface area contributed by atoms with Crippen LogP contribution in [0.5, 0.6) is 0 Å². The van der Waals surface area contributed by atoms with Gasteiger partial charge in [0.15, 0.2) is 0 Å². The minimum absolute atomic E-state index is 0.0459. The van der Waals surface area contributed by atoms with Gasteiger partial charge in [0.1, 0.15) is 17.9 Å². The monoisotopic (exact) mass is 621 g/mol. The molecule has 0 bridgehead atoms. The van der Waals surface area contributed by atoms with E-state index in [0.29, 0.717) is 41.5 Å². The molecule has 0 spiro atoms. The van der Waals surface area contributed by atoms with E-state index in [2.05, 4.69) is 6.92 Å². The van der Waals surface area contributed by atoms with Crippen molar-refractivity contribution >= 4 is 33.1 Å². The Morgan fingerprint density at radius 2 is 1.68 bits per heavy atom. The summed E-state index contributed by atoms with van der Waals surface area (Å²) in [6.07, 6.45) is 4.60. The summed E-state index contributed by atoms with van der Waals surface area (Å²) in [5, 5.41) is 0. The van der Waals surface area contributed by atoms with Gasteiger partial charge in [-0.1, -0.05) is 69.2 Å². The van der Waals surface area contributed by atoms with Gasteiger partial charge < -0.3 is 18.8 Å². The Morgan fingerprint density at radius 1 is 0.977 bits per heavy atom. The summed E-state index contributed by atoms with van der Waals surface area (Å²) in [7, 11) is -0.893. The number of carbonyl (C=O) groups is 2.